The van der Waals surface area contributed by atoms with Crippen LogP contribution in [-0.4, -0.2) is 16.3 Å². The number of aromatic nitrogens is 1. The van der Waals surface area contributed by atoms with Gasteiger partial charge in [-0.15, -0.1) is 0 Å². The van der Waals surface area contributed by atoms with Gasteiger partial charge >= 0.3 is 0 Å². The zero-order valence-electron chi connectivity index (χ0n) is 11.4. The van der Waals surface area contributed by atoms with Crippen LogP contribution in [0.1, 0.15) is 11.3 Å². The summed E-state index contributed by atoms with van der Waals surface area (Å²) in [5, 5.41) is 11.4. The number of aliphatic imine (C=N–C) groups is 1. The Labute approximate surface area is 127 Å². The maximum atomic E-state index is 9.76. The van der Waals surface area contributed by atoms with Crippen molar-refractivity contribution in [2.45, 2.75) is 6.92 Å². The SMILES string of the molecule is Cc1ccc2cc(N=Cc3cc(Cl)ccc3O)ccc2n1. The van der Waals surface area contributed by atoms with Crippen LogP contribution in [0.4, 0.5) is 5.69 Å². The number of hydrogen-bond acceptors (Lipinski definition) is 3. The topological polar surface area (TPSA) is 45.5 Å². The number of aryl methyl sites for hydroxylation is 1. The molecule has 1 heterocycles. The van der Waals surface area contributed by atoms with Gasteiger partial charge in [0.1, 0.15) is 5.75 Å². The van der Waals surface area contributed by atoms with E-state index in [1.165, 1.54) is 0 Å². The number of pyridine rings is 1. The Bertz CT molecular complexity index is 843. The van der Waals surface area contributed by atoms with Crippen molar-refractivity contribution in [3.63, 3.8) is 0 Å². The van der Waals surface area contributed by atoms with Gasteiger partial charge in [-0.05, 0) is 49.4 Å². The van der Waals surface area contributed by atoms with Crippen molar-refractivity contribution in [3.05, 3.63) is 64.8 Å². The third-order valence-electron chi connectivity index (χ3n) is 3.15. The molecule has 0 aliphatic rings. The van der Waals surface area contributed by atoms with Crippen LogP contribution in [0.15, 0.2) is 53.5 Å². The van der Waals surface area contributed by atoms with Gasteiger partial charge in [-0.25, -0.2) is 0 Å². The summed E-state index contributed by atoms with van der Waals surface area (Å²) in [4.78, 5) is 8.83. The van der Waals surface area contributed by atoms with Crippen molar-refractivity contribution in [1.82, 2.24) is 4.98 Å². The van der Waals surface area contributed by atoms with Gasteiger partial charge in [0.05, 0.1) is 11.2 Å². The number of benzene rings is 2. The number of halogens is 1. The van der Waals surface area contributed by atoms with E-state index in [1.807, 2.05) is 37.3 Å². The van der Waals surface area contributed by atoms with E-state index in [2.05, 4.69) is 9.98 Å². The summed E-state index contributed by atoms with van der Waals surface area (Å²) >= 11 is 5.91. The summed E-state index contributed by atoms with van der Waals surface area (Å²) in [6.45, 7) is 1.97. The van der Waals surface area contributed by atoms with E-state index >= 15 is 0 Å². The van der Waals surface area contributed by atoms with E-state index in [4.69, 9.17) is 11.6 Å². The van der Waals surface area contributed by atoms with Gasteiger partial charge < -0.3 is 5.11 Å². The Kier molecular flexibility index (Phi) is 3.59. The van der Waals surface area contributed by atoms with Crippen molar-refractivity contribution >= 4 is 34.4 Å². The average molecular weight is 297 g/mol. The van der Waals surface area contributed by atoms with Crippen LogP contribution < -0.4 is 0 Å². The average Bonchev–Trinajstić information content (AvgIpc) is 2.48. The molecule has 0 amide bonds. The fourth-order valence-corrected chi connectivity index (χ4v) is 2.25. The lowest BCUT2D eigenvalue weighted by Crippen LogP contribution is -1.84. The lowest BCUT2D eigenvalue weighted by Gasteiger charge is -2.01. The molecule has 0 aliphatic heterocycles. The molecule has 4 heteroatoms. The summed E-state index contributed by atoms with van der Waals surface area (Å²) in [6.07, 6.45) is 1.60. The molecule has 3 nitrogen and oxygen atoms in total. The fourth-order valence-electron chi connectivity index (χ4n) is 2.07. The monoisotopic (exact) mass is 296 g/mol. The second kappa shape index (κ2) is 5.54. The minimum Gasteiger partial charge on any atom is -0.507 e. The number of nitrogens with zero attached hydrogens (tertiary/aromatic N) is 2. The predicted octanol–water partition coefficient (Wildman–Crippen LogP) is 4.65. The first kappa shape index (κ1) is 13.6. The van der Waals surface area contributed by atoms with Gasteiger partial charge in [-0.1, -0.05) is 17.7 Å². The number of rotatable bonds is 2. The van der Waals surface area contributed by atoms with Gasteiger partial charge in [-0.2, -0.15) is 0 Å². The maximum Gasteiger partial charge on any atom is 0.124 e. The molecule has 0 atom stereocenters. The lowest BCUT2D eigenvalue weighted by atomic mass is 10.2. The quantitative estimate of drug-likeness (QED) is 0.699. The van der Waals surface area contributed by atoms with Crippen LogP contribution in [-0.2, 0) is 0 Å². The molecule has 0 bridgehead atoms. The van der Waals surface area contributed by atoms with E-state index in [9.17, 15) is 5.11 Å². The van der Waals surface area contributed by atoms with E-state index in [0.717, 1.165) is 22.3 Å². The summed E-state index contributed by atoms with van der Waals surface area (Å²) in [7, 11) is 0. The highest BCUT2D eigenvalue weighted by Crippen LogP contribution is 2.23. The fraction of sp³-hybridized carbons (Fsp3) is 0.0588. The minimum atomic E-state index is 0.154. The molecule has 0 unspecified atom stereocenters. The van der Waals surface area contributed by atoms with E-state index in [-0.39, 0.29) is 5.75 Å². The molecule has 1 aromatic heterocycles. The Hall–Kier alpha value is -2.39. The highest BCUT2D eigenvalue weighted by atomic mass is 35.5. The number of phenols is 1. The van der Waals surface area contributed by atoms with Crippen molar-refractivity contribution in [1.29, 1.82) is 0 Å². The van der Waals surface area contributed by atoms with Crippen molar-refractivity contribution in [2.24, 2.45) is 4.99 Å². The predicted molar refractivity (Wildman–Crippen MR) is 86.9 cm³/mol. The second-order valence-electron chi connectivity index (χ2n) is 4.79. The third kappa shape index (κ3) is 3.03. The zero-order chi connectivity index (χ0) is 14.8. The molecule has 0 saturated carbocycles. The number of aromatic hydroxyl groups is 1. The number of fused-ring (bicyclic) bond motifs is 1. The molecule has 2 aromatic carbocycles. The molecule has 0 aliphatic carbocycles. The van der Waals surface area contributed by atoms with Gasteiger partial charge in [-0.3, -0.25) is 9.98 Å². The van der Waals surface area contributed by atoms with Crippen molar-refractivity contribution < 1.29 is 5.11 Å². The van der Waals surface area contributed by atoms with Gasteiger partial charge in [0.2, 0.25) is 0 Å². The van der Waals surface area contributed by atoms with Crippen molar-refractivity contribution in [2.75, 3.05) is 0 Å². The second-order valence-corrected chi connectivity index (χ2v) is 5.23. The highest BCUT2D eigenvalue weighted by Gasteiger charge is 2.00. The summed E-state index contributed by atoms with van der Waals surface area (Å²) in [5.74, 6) is 0.154. The Morgan fingerprint density at radius 1 is 1.10 bits per heavy atom. The van der Waals surface area contributed by atoms with Gasteiger partial charge in [0, 0.05) is 27.9 Å². The summed E-state index contributed by atoms with van der Waals surface area (Å²) in [5.41, 5.74) is 3.32. The molecule has 104 valence electrons. The third-order valence-corrected chi connectivity index (χ3v) is 3.39. The first-order chi connectivity index (χ1) is 10.1. The molecule has 0 fully saturated rings. The standard InChI is InChI=1S/C17H13ClN2O/c1-11-2-3-12-9-15(5-6-16(12)20-11)19-10-13-8-14(18)4-7-17(13)21/h2-10,21H,1H3. The normalized spacial score (nSPS) is 11.3. The smallest absolute Gasteiger partial charge is 0.124 e. The van der Waals surface area contributed by atoms with Crippen molar-refractivity contribution in [3.8, 4) is 5.75 Å². The van der Waals surface area contributed by atoms with Crippen LogP contribution in [0.2, 0.25) is 5.02 Å². The van der Waals surface area contributed by atoms with Crippen LogP contribution in [0.25, 0.3) is 10.9 Å². The Morgan fingerprint density at radius 3 is 2.81 bits per heavy atom. The van der Waals surface area contributed by atoms with E-state index in [1.54, 1.807) is 24.4 Å². The lowest BCUT2D eigenvalue weighted by molar-refractivity contribution is 0.474. The molecule has 0 saturated heterocycles. The van der Waals surface area contributed by atoms with Gasteiger partial charge in [0.15, 0.2) is 0 Å². The first-order valence-electron chi connectivity index (χ1n) is 6.52. The molecule has 0 spiro atoms. The summed E-state index contributed by atoms with van der Waals surface area (Å²) in [6, 6.07) is 14.6. The van der Waals surface area contributed by atoms with Crippen LogP contribution in [0.3, 0.4) is 0 Å². The van der Waals surface area contributed by atoms with Gasteiger partial charge in [0.25, 0.3) is 0 Å². The largest absolute Gasteiger partial charge is 0.507 e. The van der Waals surface area contributed by atoms with E-state index < -0.39 is 0 Å². The van der Waals surface area contributed by atoms with Crippen LogP contribution in [0.5, 0.6) is 5.75 Å². The molecule has 21 heavy (non-hydrogen) atoms. The Morgan fingerprint density at radius 2 is 1.95 bits per heavy atom. The minimum absolute atomic E-state index is 0.154. The zero-order valence-corrected chi connectivity index (χ0v) is 12.2. The van der Waals surface area contributed by atoms with Crippen LogP contribution >= 0.6 is 11.6 Å². The molecule has 0 radical (unpaired) electrons. The molecule has 3 rings (SSSR count). The molecule has 1 N–H and O–H groups in total. The van der Waals surface area contributed by atoms with Crippen LogP contribution in [0, 0.1) is 6.92 Å². The molecular formula is C17H13ClN2O. The highest BCUT2D eigenvalue weighted by molar-refractivity contribution is 6.30. The number of hydrogen-bond donors (Lipinski definition) is 1. The first-order valence-corrected chi connectivity index (χ1v) is 6.89. The molecule has 3 aromatic rings. The Balaban J connectivity index is 1.95. The summed E-state index contributed by atoms with van der Waals surface area (Å²) < 4.78 is 0. The maximum absolute atomic E-state index is 9.76. The number of phenolic OH excluding ortho intramolecular Hbond substituents is 1. The van der Waals surface area contributed by atoms with E-state index in [0.29, 0.717) is 10.6 Å². The molecular weight excluding hydrogens is 284 g/mol.